The highest BCUT2D eigenvalue weighted by molar-refractivity contribution is 5.76. The molecule has 3 aromatic carbocycles. The molecule has 0 bridgehead atoms. The second-order valence-electron chi connectivity index (χ2n) is 6.49. The van der Waals surface area contributed by atoms with Crippen molar-refractivity contribution in [1.82, 2.24) is 9.97 Å². The van der Waals surface area contributed by atoms with Crippen LogP contribution in [0, 0.1) is 21.7 Å². The standard InChI is InChI=1S/C22H15F2N5O3/c23-18-11-8-15(12-19(18)24)28-22-20(29(30)31)21(25-13-26-22)27-14-6-9-17(10-7-14)32-16-4-2-1-3-5-16/h1-13H,(H2,25,26,27,28). The fourth-order valence-corrected chi connectivity index (χ4v) is 2.81. The summed E-state index contributed by atoms with van der Waals surface area (Å²) in [5.41, 5.74) is 0.159. The van der Waals surface area contributed by atoms with Gasteiger partial charge in [-0.05, 0) is 48.5 Å². The molecule has 0 saturated heterocycles. The minimum Gasteiger partial charge on any atom is -0.457 e. The van der Waals surface area contributed by atoms with Crippen LogP contribution in [0.4, 0.5) is 37.5 Å². The van der Waals surface area contributed by atoms with Crippen molar-refractivity contribution in [3.8, 4) is 11.5 Å². The largest absolute Gasteiger partial charge is 0.457 e. The van der Waals surface area contributed by atoms with Crippen LogP contribution in [0.2, 0.25) is 0 Å². The van der Waals surface area contributed by atoms with Crippen molar-refractivity contribution >= 4 is 28.7 Å². The Morgan fingerprint density at radius 1 is 0.781 bits per heavy atom. The van der Waals surface area contributed by atoms with Crippen molar-refractivity contribution in [1.29, 1.82) is 0 Å². The number of benzene rings is 3. The van der Waals surface area contributed by atoms with Gasteiger partial charge in [0.15, 0.2) is 11.6 Å². The highest BCUT2D eigenvalue weighted by atomic mass is 19.2. The molecule has 1 aromatic heterocycles. The maximum absolute atomic E-state index is 13.5. The summed E-state index contributed by atoms with van der Waals surface area (Å²) < 4.78 is 32.3. The molecule has 1 heterocycles. The maximum atomic E-state index is 13.5. The van der Waals surface area contributed by atoms with E-state index in [1.54, 1.807) is 24.3 Å². The molecule has 0 spiro atoms. The third kappa shape index (κ3) is 4.75. The van der Waals surface area contributed by atoms with E-state index in [0.29, 0.717) is 17.2 Å². The smallest absolute Gasteiger partial charge is 0.353 e. The zero-order valence-electron chi connectivity index (χ0n) is 16.3. The molecule has 10 heteroatoms. The van der Waals surface area contributed by atoms with Crippen molar-refractivity contribution in [2.24, 2.45) is 0 Å². The van der Waals surface area contributed by atoms with Gasteiger partial charge in [-0.15, -0.1) is 0 Å². The lowest BCUT2D eigenvalue weighted by atomic mass is 10.2. The predicted octanol–water partition coefficient (Wildman–Crippen LogP) is 5.94. The van der Waals surface area contributed by atoms with E-state index in [1.165, 1.54) is 6.07 Å². The molecule has 0 fully saturated rings. The van der Waals surface area contributed by atoms with Crippen LogP contribution in [-0.4, -0.2) is 14.9 Å². The zero-order valence-corrected chi connectivity index (χ0v) is 16.3. The Balaban J connectivity index is 1.56. The number of rotatable bonds is 7. The Hall–Kier alpha value is -4.60. The van der Waals surface area contributed by atoms with Crippen molar-refractivity contribution in [2.45, 2.75) is 0 Å². The summed E-state index contributed by atoms with van der Waals surface area (Å²) in [4.78, 5) is 18.8. The monoisotopic (exact) mass is 435 g/mol. The van der Waals surface area contributed by atoms with Crippen LogP contribution in [0.15, 0.2) is 79.1 Å². The van der Waals surface area contributed by atoms with Crippen molar-refractivity contribution in [2.75, 3.05) is 10.6 Å². The third-order valence-corrected chi connectivity index (χ3v) is 4.28. The highest BCUT2D eigenvalue weighted by Crippen LogP contribution is 2.33. The SMILES string of the molecule is O=[N+]([O-])c1c(Nc2ccc(Oc3ccccc3)cc2)ncnc1Nc1ccc(F)c(F)c1. The number of nitrogens with zero attached hydrogens (tertiary/aromatic N) is 3. The van der Waals surface area contributed by atoms with E-state index in [9.17, 15) is 18.9 Å². The van der Waals surface area contributed by atoms with Gasteiger partial charge in [0, 0.05) is 17.4 Å². The Morgan fingerprint density at radius 3 is 2.00 bits per heavy atom. The molecule has 32 heavy (non-hydrogen) atoms. The third-order valence-electron chi connectivity index (χ3n) is 4.28. The molecule has 4 rings (SSSR count). The number of halogens is 2. The molecule has 160 valence electrons. The van der Waals surface area contributed by atoms with Gasteiger partial charge in [-0.3, -0.25) is 10.1 Å². The number of para-hydroxylation sites is 1. The first kappa shape index (κ1) is 20.7. The summed E-state index contributed by atoms with van der Waals surface area (Å²) in [6.45, 7) is 0. The topological polar surface area (TPSA) is 102 Å². The molecule has 0 amide bonds. The Bertz CT molecular complexity index is 1250. The van der Waals surface area contributed by atoms with E-state index in [0.717, 1.165) is 18.5 Å². The summed E-state index contributed by atoms with van der Waals surface area (Å²) in [6, 6.07) is 19.0. The number of nitrogens with one attached hydrogen (secondary N) is 2. The first-order valence-corrected chi connectivity index (χ1v) is 9.31. The number of anilines is 4. The number of ether oxygens (including phenoxy) is 1. The van der Waals surface area contributed by atoms with E-state index < -0.39 is 22.2 Å². The average molecular weight is 435 g/mol. The minimum atomic E-state index is -1.09. The molecule has 8 nitrogen and oxygen atoms in total. The highest BCUT2D eigenvalue weighted by Gasteiger charge is 2.23. The van der Waals surface area contributed by atoms with Crippen LogP contribution in [0.25, 0.3) is 0 Å². The summed E-state index contributed by atoms with van der Waals surface area (Å²) in [5, 5.41) is 17.2. The number of hydrogen-bond acceptors (Lipinski definition) is 7. The Kier molecular flexibility index (Phi) is 5.84. The molecular formula is C22H15F2N5O3. The van der Waals surface area contributed by atoms with E-state index in [4.69, 9.17) is 4.74 Å². The first-order chi connectivity index (χ1) is 15.5. The van der Waals surface area contributed by atoms with Crippen LogP contribution >= 0.6 is 0 Å². The first-order valence-electron chi connectivity index (χ1n) is 9.31. The van der Waals surface area contributed by atoms with Gasteiger partial charge in [-0.2, -0.15) is 0 Å². The van der Waals surface area contributed by atoms with Crippen LogP contribution in [0.5, 0.6) is 11.5 Å². The average Bonchev–Trinajstić information content (AvgIpc) is 2.78. The Labute approximate surface area is 180 Å². The number of nitro groups is 1. The molecular weight excluding hydrogens is 420 g/mol. The van der Waals surface area contributed by atoms with E-state index in [2.05, 4.69) is 20.6 Å². The van der Waals surface area contributed by atoms with E-state index in [-0.39, 0.29) is 17.3 Å². The molecule has 0 aliphatic heterocycles. The molecule has 0 atom stereocenters. The summed E-state index contributed by atoms with van der Waals surface area (Å²) in [5.74, 6) is -1.13. The van der Waals surface area contributed by atoms with Crippen LogP contribution in [0.3, 0.4) is 0 Å². The lowest BCUT2D eigenvalue weighted by molar-refractivity contribution is -0.383. The van der Waals surface area contributed by atoms with Gasteiger partial charge in [-0.1, -0.05) is 18.2 Å². The van der Waals surface area contributed by atoms with Crippen LogP contribution in [0.1, 0.15) is 0 Å². The van der Waals surface area contributed by atoms with E-state index in [1.807, 2.05) is 30.3 Å². The summed E-state index contributed by atoms with van der Waals surface area (Å²) in [7, 11) is 0. The molecule has 0 saturated carbocycles. The molecule has 0 aliphatic rings. The number of hydrogen-bond donors (Lipinski definition) is 2. The minimum absolute atomic E-state index is 0.0770. The normalized spacial score (nSPS) is 10.4. The molecule has 4 aromatic rings. The maximum Gasteiger partial charge on any atom is 0.353 e. The van der Waals surface area contributed by atoms with Crippen molar-refractivity contribution in [3.63, 3.8) is 0 Å². The second kappa shape index (κ2) is 9.04. The van der Waals surface area contributed by atoms with Gasteiger partial charge in [0.25, 0.3) is 0 Å². The lowest BCUT2D eigenvalue weighted by Crippen LogP contribution is -2.05. The molecule has 0 unspecified atom stereocenters. The van der Waals surface area contributed by atoms with Gasteiger partial charge < -0.3 is 15.4 Å². The Morgan fingerprint density at radius 2 is 1.38 bits per heavy atom. The fraction of sp³-hybridized carbons (Fsp3) is 0. The van der Waals surface area contributed by atoms with Gasteiger partial charge in [0.2, 0.25) is 11.6 Å². The van der Waals surface area contributed by atoms with Gasteiger partial charge in [0.05, 0.1) is 4.92 Å². The lowest BCUT2D eigenvalue weighted by Gasteiger charge is -2.11. The molecule has 0 aliphatic carbocycles. The van der Waals surface area contributed by atoms with Crippen LogP contribution < -0.4 is 15.4 Å². The number of aromatic nitrogens is 2. The van der Waals surface area contributed by atoms with Crippen LogP contribution in [-0.2, 0) is 0 Å². The predicted molar refractivity (Wildman–Crippen MR) is 115 cm³/mol. The van der Waals surface area contributed by atoms with Gasteiger partial charge >= 0.3 is 5.69 Å². The quantitative estimate of drug-likeness (QED) is 0.273. The molecule has 0 radical (unpaired) electrons. The van der Waals surface area contributed by atoms with Gasteiger partial charge in [-0.25, -0.2) is 18.7 Å². The zero-order chi connectivity index (χ0) is 22.5. The summed E-state index contributed by atoms with van der Waals surface area (Å²) in [6.07, 6.45) is 1.12. The van der Waals surface area contributed by atoms with Gasteiger partial charge in [0.1, 0.15) is 17.8 Å². The fourth-order valence-electron chi connectivity index (χ4n) is 2.81. The van der Waals surface area contributed by atoms with Crippen molar-refractivity contribution in [3.05, 3.63) is 101 Å². The van der Waals surface area contributed by atoms with E-state index >= 15 is 0 Å². The second-order valence-corrected chi connectivity index (χ2v) is 6.49. The van der Waals surface area contributed by atoms with Crippen molar-refractivity contribution < 1.29 is 18.4 Å². The summed E-state index contributed by atoms with van der Waals surface area (Å²) >= 11 is 0. The molecule has 2 N–H and O–H groups in total.